The monoisotopic (exact) mass is 2110 g/mol. The van der Waals surface area contributed by atoms with Gasteiger partial charge in [0.1, 0.15) is 71.3 Å². The maximum atomic E-state index is 13.9. The molecule has 147 heavy (non-hydrogen) atoms. The first-order chi connectivity index (χ1) is 69.5. The number of esters is 2. The van der Waals surface area contributed by atoms with Gasteiger partial charge in [0.2, 0.25) is 30.0 Å². The molecule has 0 spiro atoms. The average Bonchev–Trinajstić information content (AvgIpc) is 1.63. The molecule has 6 unspecified atom stereocenters. The van der Waals surface area contributed by atoms with E-state index in [4.69, 9.17) is 48.5 Å². The van der Waals surface area contributed by atoms with Crippen LogP contribution in [0.2, 0.25) is 0 Å². The van der Waals surface area contributed by atoms with E-state index < -0.39 is 76.8 Å². The summed E-state index contributed by atoms with van der Waals surface area (Å²) in [6.45, 7) is 40.3. The highest BCUT2D eigenvalue weighted by molar-refractivity contribution is 7.97. The van der Waals surface area contributed by atoms with Gasteiger partial charge in [-0.25, -0.2) is 38.8 Å². The summed E-state index contributed by atoms with van der Waals surface area (Å²) in [6, 6.07) is 79.0. The van der Waals surface area contributed by atoms with E-state index in [2.05, 4.69) is 126 Å². The molecule has 29 heteroatoms. The summed E-state index contributed by atoms with van der Waals surface area (Å²) in [7, 11) is -10.7. The highest BCUT2D eigenvalue weighted by Crippen LogP contribution is 2.49. The first kappa shape index (κ1) is 122. The second-order valence-electron chi connectivity index (χ2n) is 38.1. The fraction of sp³-hybridized carbons (Fsp3) is 0.373. The van der Waals surface area contributed by atoms with Gasteiger partial charge in [-0.15, -0.1) is 0 Å². The minimum absolute atomic E-state index is 0.0153. The van der Waals surface area contributed by atoms with E-state index in [1.54, 1.807) is 72.8 Å². The minimum atomic E-state index is -5.75. The maximum Gasteiger partial charge on any atom is 0.313 e. The van der Waals surface area contributed by atoms with Gasteiger partial charge >= 0.3 is 11.9 Å². The Balaban J connectivity index is 0.000000231. The summed E-state index contributed by atoms with van der Waals surface area (Å²) < 4.78 is 200. The van der Waals surface area contributed by atoms with Gasteiger partial charge in [-0.1, -0.05) is 175 Å². The van der Waals surface area contributed by atoms with Crippen molar-refractivity contribution in [1.29, 1.82) is 0 Å². The van der Waals surface area contributed by atoms with Crippen LogP contribution >= 0.6 is 10.5 Å². The van der Waals surface area contributed by atoms with E-state index in [9.17, 15) is 66.3 Å². The number of aromatic hydroxyl groups is 2. The number of halogens is 7. The number of hydrogen-bond acceptors (Lipinski definition) is 18. The van der Waals surface area contributed by atoms with E-state index in [0.29, 0.717) is 61.2 Å². The highest BCUT2D eigenvalue weighted by atomic mass is 32.2. The largest absolute Gasteiger partial charge is 0.744 e. The summed E-state index contributed by atoms with van der Waals surface area (Å²) in [4.78, 5) is 25.2. The smallest absolute Gasteiger partial charge is 0.313 e. The van der Waals surface area contributed by atoms with Crippen molar-refractivity contribution in [2.75, 3.05) is 26.4 Å². The zero-order valence-electron chi connectivity index (χ0n) is 87.3. The van der Waals surface area contributed by atoms with Crippen LogP contribution < -0.4 is 14.2 Å². The molecule has 2 heterocycles. The Morgan fingerprint density at radius 2 is 0.823 bits per heavy atom. The van der Waals surface area contributed by atoms with Crippen molar-refractivity contribution < 1.29 is 115 Å². The predicted octanol–water partition coefficient (Wildman–Crippen LogP) is 30.9. The number of carbonyl (C=O) groups is 2. The third-order valence-electron chi connectivity index (χ3n) is 24.6. The van der Waals surface area contributed by atoms with Crippen molar-refractivity contribution in [1.82, 2.24) is 0 Å². The van der Waals surface area contributed by atoms with Gasteiger partial charge in [-0.05, 0) is 333 Å². The molecule has 1 fully saturated rings. The molecule has 13 aromatic rings. The molecule has 0 amide bonds. The third kappa shape index (κ3) is 38.5. The topological polar surface area (TPSA) is 274 Å². The van der Waals surface area contributed by atoms with E-state index in [0.717, 1.165) is 90.2 Å². The minimum Gasteiger partial charge on any atom is -0.744 e. The van der Waals surface area contributed by atoms with Crippen molar-refractivity contribution in [3.8, 4) is 39.4 Å². The molecular weight excluding hydrogens is 1970 g/mol. The first-order valence-electron chi connectivity index (χ1n) is 49.4. The van der Waals surface area contributed by atoms with Crippen LogP contribution in [0.1, 0.15) is 247 Å². The molecule has 12 aromatic carbocycles. The number of fused-ring (bicyclic) bond motifs is 3. The van der Waals surface area contributed by atoms with Crippen molar-refractivity contribution in [2.45, 2.75) is 269 Å². The van der Waals surface area contributed by atoms with Crippen molar-refractivity contribution in [3.05, 3.63) is 335 Å². The number of aliphatic hydroxyl groups is 1. The summed E-state index contributed by atoms with van der Waals surface area (Å²) in [6.07, 6.45) is 9.44. The Morgan fingerprint density at radius 3 is 1.16 bits per heavy atom. The van der Waals surface area contributed by atoms with Crippen LogP contribution in [-0.2, 0) is 66.1 Å². The Labute approximate surface area is 869 Å². The van der Waals surface area contributed by atoms with Crippen LogP contribution in [0.3, 0.4) is 0 Å². The molecule has 0 aliphatic carbocycles. The number of phenolic OH excluding ortho intramolecular Hbond substituents is 2. The molecule has 0 saturated carbocycles. The molecule has 1 aliphatic heterocycles. The SMILES string of the molecule is CCC(C)(C)C(=O)OC(OC(C)C)C(C)(C)C.CCC(C)(C)C(=O)OC1CCCCO1.CCC(C)c1ccc(O)cc1.CCC(C)c1ccc(O)cc1.CCC(C)c1ccc(OCCCOc2ccc(S(=O)(=O)[O-])cc2)cc1.CCC(C)c1ccc(Oc2c(F)c(F)c(S(=O)(=O)[O-])c(F)c2F)cc1.Fc1ccc([S+](c2ccc(F)cc2)c2ccc(F)cc2)cc1.OCCc1ccc(-[s+]2c3ccccc3c3ccccc32)cc1. The van der Waals surface area contributed by atoms with Crippen LogP contribution in [0.25, 0.3) is 25.1 Å². The lowest BCUT2D eigenvalue weighted by atomic mass is 9.90. The lowest BCUT2D eigenvalue weighted by molar-refractivity contribution is -0.221. The number of rotatable bonds is 32. The van der Waals surface area contributed by atoms with E-state index in [1.165, 1.54) is 120 Å². The number of hydrogen-bond donors (Lipinski definition) is 3. The Morgan fingerprint density at radius 1 is 0.456 bits per heavy atom. The molecular formula is C118H141F7O18S4. The molecule has 1 aromatic heterocycles. The van der Waals surface area contributed by atoms with Crippen LogP contribution in [0.4, 0.5) is 30.7 Å². The third-order valence-corrected chi connectivity index (χ3v) is 30.9. The summed E-state index contributed by atoms with van der Waals surface area (Å²) in [5, 5.41) is 29.8. The summed E-state index contributed by atoms with van der Waals surface area (Å²) >= 11 is 0. The normalized spacial score (nSPS) is 13.5. The predicted molar refractivity (Wildman–Crippen MR) is 569 cm³/mol. The molecule has 0 radical (unpaired) electrons. The quantitative estimate of drug-likeness (QED) is 0.00672. The molecule has 6 atom stereocenters. The Kier molecular flexibility index (Phi) is 49.0. The Bertz CT molecular complexity index is 6180. The van der Waals surface area contributed by atoms with Crippen molar-refractivity contribution >= 4 is 73.7 Å². The van der Waals surface area contributed by atoms with E-state index >= 15 is 0 Å². The Hall–Kier alpha value is -11.6. The van der Waals surface area contributed by atoms with Gasteiger partial charge in [0.25, 0.3) is 0 Å². The number of thiophene rings is 1. The molecule has 18 nitrogen and oxygen atoms in total. The van der Waals surface area contributed by atoms with Crippen LogP contribution in [0.15, 0.2) is 291 Å². The van der Waals surface area contributed by atoms with Crippen molar-refractivity contribution in [3.63, 3.8) is 0 Å². The molecule has 794 valence electrons. The number of phenols is 2. The van der Waals surface area contributed by atoms with Gasteiger partial charge in [0.15, 0.2) is 40.6 Å². The lowest BCUT2D eigenvalue weighted by Gasteiger charge is -2.34. The molecule has 0 bridgehead atoms. The second kappa shape index (κ2) is 58.9. The fourth-order valence-electron chi connectivity index (χ4n) is 13.9. The van der Waals surface area contributed by atoms with Gasteiger partial charge in [-0.2, -0.15) is 8.78 Å². The summed E-state index contributed by atoms with van der Waals surface area (Å²) in [5.74, 6) is -7.78. The number of aliphatic hydroxyl groups excluding tert-OH is 1. The number of carbonyl (C=O) groups excluding carboxylic acids is 2. The standard InChI is InChI=1S/C20H17OS.C19H24O5S.C18H12F3S.C16H14F4O4S.C14H28O3.C11H20O3.2C10H14O/c21-14-13-15-9-11-16(12-10-15)22-19-7-3-1-5-17(19)18-6-2-4-8-20(18)22;1-3-15(2)16-5-7-17(8-6-16)23-13-4-14-24-18-9-11-19(12-10-18)25(20,21)22;19-13-1-7-16(8-2-13)22(17-9-3-14(20)4-10-17)18-11-5-15(21)6-12-18;1-3-8(2)9-4-6-10(7-5-9)24-15-11(17)13(19)16(25(21,22)23)14(20)12(15)18;1-9-14(7,8)11(15)17-12(13(4,5)6)16-10(2)3;1-4-11(2,3)10(12)14-9-7-5-6-8-13-9;2*1-3-8(2)9-4-6-10(11)7-5-9/h1-12,21H,13-14H2;5-12,15H,3-4,13-14H2,1-2H3,(H,20,21,22);1-12H;4-8H,3H2,1-2H3,(H,21,22,23);10,12H,9H2,1-8H3;9H,4-8H2,1-3H3;2*4-8,11H,3H2,1-2H3/q+1;;+1;;;;;/p-2. The number of benzene rings is 12. The molecule has 1 saturated heterocycles. The van der Waals surface area contributed by atoms with Gasteiger partial charge < -0.3 is 57.6 Å². The van der Waals surface area contributed by atoms with Gasteiger partial charge in [0, 0.05) is 46.1 Å². The zero-order valence-corrected chi connectivity index (χ0v) is 90.6. The molecule has 14 rings (SSSR count). The van der Waals surface area contributed by atoms with Crippen LogP contribution in [-0.4, -0.2) is 98.3 Å². The average molecular weight is 2110 g/mol. The van der Waals surface area contributed by atoms with E-state index in [-0.39, 0.29) is 86.3 Å². The van der Waals surface area contributed by atoms with E-state index in [1.807, 2.05) is 126 Å². The van der Waals surface area contributed by atoms with Gasteiger partial charge in [-0.3, -0.25) is 9.59 Å². The lowest BCUT2D eigenvalue weighted by Crippen LogP contribution is -2.39. The van der Waals surface area contributed by atoms with Gasteiger partial charge in [0.05, 0.1) is 52.5 Å². The second-order valence-corrected chi connectivity index (χ2v) is 44.7. The first-order valence-corrected chi connectivity index (χ1v) is 54.7. The fourth-order valence-corrected chi connectivity index (χ4v) is 19.4. The number of ether oxygens (including phenoxy) is 7. The molecule has 1 aliphatic rings. The van der Waals surface area contributed by atoms with Crippen LogP contribution in [0, 0.1) is 57.0 Å². The molecule has 3 N–H and O–H groups in total. The highest BCUT2D eigenvalue weighted by Gasteiger charge is 2.37. The summed E-state index contributed by atoms with van der Waals surface area (Å²) in [5.41, 5.74) is 4.95. The van der Waals surface area contributed by atoms with Crippen LogP contribution in [0.5, 0.6) is 34.5 Å². The van der Waals surface area contributed by atoms with Crippen molar-refractivity contribution in [2.24, 2.45) is 16.2 Å². The maximum absolute atomic E-state index is 13.9. The zero-order chi connectivity index (χ0) is 109.